The number of carbonyl (C=O) groups is 1. The molecule has 0 amide bonds. The monoisotopic (exact) mass is 360 g/mol. The van der Waals surface area contributed by atoms with E-state index >= 15 is 0 Å². The number of rotatable bonds is 5. The summed E-state index contributed by atoms with van der Waals surface area (Å²) < 4.78 is 1.90. The second-order valence-corrected chi connectivity index (χ2v) is 8.12. The minimum atomic E-state index is -0.128. The molecule has 1 aliphatic heterocycles. The van der Waals surface area contributed by atoms with Crippen LogP contribution in [0.15, 0.2) is 33.9 Å². The molecule has 0 aromatic carbocycles. The summed E-state index contributed by atoms with van der Waals surface area (Å²) in [6.07, 6.45) is 4.78. The fraction of sp³-hybridized carbons (Fsp3) is 0.471. The number of unbranched alkanes of at least 4 members (excludes halogenated alkanes) is 1. The van der Waals surface area contributed by atoms with E-state index in [2.05, 4.69) is 28.7 Å². The van der Waals surface area contributed by atoms with E-state index < -0.39 is 0 Å². The van der Waals surface area contributed by atoms with E-state index in [-0.39, 0.29) is 11.8 Å². The summed E-state index contributed by atoms with van der Waals surface area (Å²) in [7, 11) is 0. The molecule has 0 saturated carbocycles. The molecule has 1 atom stereocenters. The lowest BCUT2D eigenvalue weighted by Crippen LogP contribution is -2.31. The molecule has 0 radical (unpaired) electrons. The maximum absolute atomic E-state index is 12.6. The van der Waals surface area contributed by atoms with E-state index in [9.17, 15) is 4.79 Å². The summed E-state index contributed by atoms with van der Waals surface area (Å²) in [5.74, 6) is 2.03. The van der Waals surface area contributed by atoms with Crippen molar-refractivity contribution in [3.8, 4) is 0 Å². The van der Waals surface area contributed by atoms with E-state index in [4.69, 9.17) is 5.10 Å². The molecule has 1 N–H and O–H groups in total. The Balaban J connectivity index is 1.74. The van der Waals surface area contributed by atoms with E-state index in [1.54, 1.807) is 23.1 Å². The second kappa shape index (κ2) is 6.72. The lowest BCUT2D eigenvalue weighted by molar-refractivity contribution is -0.116. The van der Waals surface area contributed by atoms with Crippen LogP contribution in [-0.4, -0.2) is 26.3 Å². The molecule has 7 heteroatoms. The molecule has 0 bridgehead atoms. The lowest BCUT2D eigenvalue weighted by atomic mass is 9.88. The van der Waals surface area contributed by atoms with Gasteiger partial charge in [-0.2, -0.15) is 4.98 Å². The normalized spacial score (nSPS) is 19.9. The number of Topliss-reactive ketones (excluding diaryl/α,β-unsaturated/α-hetero) is 1. The number of allylic oxidation sites excluding steroid dienone is 2. The molecule has 5 nitrogen and oxygen atoms in total. The fourth-order valence-corrected chi connectivity index (χ4v) is 4.95. The smallest absolute Gasteiger partial charge is 0.227 e. The number of fused-ring (bicyclic) bond motifs is 1. The number of hydrogen-bond donors (Lipinski definition) is 1. The van der Waals surface area contributed by atoms with Gasteiger partial charge in [-0.3, -0.25) is 4.79 Å². The van der Waals surface area contributed by atoms with Crippen molar-refractivity contribution in [2.45, 2.75) is 50.2 Å². The van der Waals surface area contributed by atoms with Gasteiger partial charge in [0.1, 0.15) is 6.04 Å². The first-order valence-electron chi connectivity index (χ1n) is 8.44. The summed E-state index contributed by atoms with van der Waals surface area (Å²) in [6, 6.07) is 3.99. The number of carbonyl (C=O) groups excluding carboxylic acids is 1. The van der Waals surface area contributed by atoms with Gasteiger partial charge >= 0.3 is 0 Å². The van der Waals surface area contributed by atoms with Crippen molar-refractivity contribution in [2.24, 2.45) is 0 Å². The van der Waals surface area contributed by atoms with Crippen LogP contribution in [0.1, 0.15) is 49.9 Å². The van der Waals surface area contributed by atoms with Gasteiger partial charge in [0, 0.05) is 28.3 Å². The molecule has 24 heavy (non-hydrogen) atoms. The Morgan fingerprint density at radius 3 is 3.17 bits per heavy atom. The number of thiophene rings is 1. The van der Waals surface area contributed by atoms with Crippen LogP contribution in [-0.2, 0) is 4.79 Å². The lowest BCUT2D eigenvalue weighted by Gasteiger charge is -2.31. The zero-order chi connectivity index (χ0) is 16.5. The summed E-state index contributed by atoms with van der Waals surface area (Å²) in [5.41, 5.74) is 1.92. The molecule has 126 valence electrons. The first-order valence-corrected chi connectivity index (χ1v) is 10.3. The molecule has 0 spiro atoms. The first-order chi connectivity index (χ1) is 11.8. The van der Waals surface area contributed by atoms with Gasteiger partial charge < -0.3 is 5.32 Å². The van der Waals surface area contributed by atoms with E-state index in [1.807, 2.05) is 10.7 Å². The van der Waals surface area contributed by atoms with Crippen molar-refractivity contribution in [2.75, 3.05) is 11.1 Å². The predicted molar refractivity (Wildman–Crippen MR) is 97.6 cm³/mol. The number of thioether (sulfide) groups is 1. The maximum Gasteiger partial charge on any atom is 0.227 e. The Labute approximate surface area is 149 Å². The number of aromatic nitrogens is 3. The van der Waals surface area contributed by atoms with Gasteiger partial charge in [0.05, 0.1) is 0 Å². The number of nitrogens with zero attached hydrogens (tertiary/aromatic N) is 3. The van der Waals surface area contributed by atoms with E-state index in [0.717, 1.165) is 52.3 Å². The standard InChI is InChI=1S/C17H20N4OS2/c1-2-3-9-24-17-19-16-18-11-6-4-7-12(22)14(11)15(21(16)20-17)13-8-5-10-23-13/h5,8,10,15H,2-4,6-7,9H2,1H3,(H,18,19,20)/t15-/m1/s1. The molecule has 4 rings (SSSR count). The van der Waals surface area contributed by atoms with E-state index in [1.165, 1.54) is 6.42 Å². The van der Waals surface area contributed by atoms with Crippen molar-refractivity contribution >= 4 is 34.8 Å². The Bertz CT molecular complexity index is 779. The highest BCUT2D eigenvalue weighted by molar-refractivity contribution is 7.99. The van der Waals surface area contributed by atoms with Gasteiger partial charge in [-0.1, -0.05) is 31.2 Å². The van der Waals surface area contributed by atoms with Crippen LogP contribution < -0.4 is 5.32 Å². The van der Waals surface area contributed by atoms with Crippen molar-refractivity contribution in [1.82, 2.24) is 14.8 Å². The maximum atomic E-state index is 12.6. The molecule has 0 saturated heterocycles. The SMILES string of the molecule is CCCCSc1nc2n(n1)[C@H](c1cccs1)C1=C(CCCC1=O)N2. The Morgan fingerprint density at radius 2 is 2.38 bits per heavy atom. The van der Waals surface area contributed by atoms with Crippen molar-refractivity contribution in [3.05, 3.63) is 33.7 Å². The Morgan fingerprint density at radius 1 is 1.46 bits per heavy atom. The molecule has 0 unspecified atom stereocenters. The highest BCUT2D eigenvalue weighted by Crippen LogP contribution is 2.41. The predicted octanol–water partition coefficient (Wildman–Crippen LogP) is 4.25. The average molecular weight is 361 g/mol. The topological polar surface area (TPSA) is 59.8 Å². The molecule has 1 aliphatic carbocycles. The van der Waals surface area contributed by atoms with Gasteiger partial charge in [-0.05, 0) is 30.7 Å². The molecule has 2 aromatic heterocycles. The zero-order valence-corrected chi connectivity index (χ0v) is 15.3. The minimum absolute atomic E-state index is 0.128. The summed E-state index contributed by atoms with van der Waals surface area (Å²) >= 11 is 3.36. The molecule has 2 aromatic rings. The zero-order valence-electron chi connectivity index (χ0n) is 13.6. The van der Waals surface area contributed by atoms with E-state index in [0.29, 0.717) is 6.42 Å². The van der Waals surface area contributed by atoms with Gasteiger partial charge in [0.25, 0.3) is 0 Å². The van der Waals surface area contributed by atoms with Crippen LogP contribution >= 0.6 is 23.1 Å². The second-order valence-electron chi connectivity index (χ2n) is 6.08. The minimum Gasteiger partial charge on any atom is -0.328 e. The molecular formula is C17H20N4OS2. The summed E-state index contributed by atoms with van der Waals surface area (Å²) in [4.78, 5) is 18.4. The quantitative estimate of drug-likeness (QED) is 0.638. The van der Waals surface area contributed by atoms with Crippen molar-refractivity contribution < 1.29 is 4.79 Å². The average Bonchev–Trinajstić information content (AvgIpc) is 3.22. The number of hydrogen-bond acceptors (Lipinski definition) is 6. The molecule has 0 fully saturated rings. The van der Waals surface area contributed by atoms with Crippen LogP contribution in [0.5, 0.6) is 0 Å². The highest BCUT2D eigenvalue weighted by atomic mass is 32.2. The van der Waals surface area contributed by atoms with Crippen LogP contribution in [0.3, 0.4) is 0 Å². The fourth-order valence-electron chi connectivity index (χ4n) is 3.22. The van der Waals surface area contributed by atoms with Gasteiger partial charge in [0.15, 0.2) is 5.78 Å². The van der Waals surface area contributed by atoms with Crippen LogP contribution in [0.4, 0.5) is 5.95 Å². The van der Waals surface area contributed by atoms with Gasteiger partial charge in [-0.25, -0.2) is 4.68 Å². The van der Waals surface area contributed by atoms with Crippen LogP contribution in [0.25, 0.3) is 0 Å². The molecular weight excluding hydrogens is 340 g/mol. The van der Waals surface area contributed by atoms with Gasteiger partial charge in [0.2, 0.25) is 11.1 Å². The molecule has 2 aliphatic rings. The number of ketones is 1. The van der Waals surface area contributed by atoms with Crippen molar-refractivity contribution in [1.29, 1.82) is 0 Å². The largest absolute Gasteiger partial charge is 0.328 e. The van der Waals surface area contributed by atoms with Gasteiger partial charge in [-0.15, -0.1) is 16.4 Å². The number of anilines is 1. The Hall–Kier alpha value is -1.60. The van der Waals surface area contributed by atoms with Crippen LogP contribution in [0, 0.1) is 0 Å². The molecule has 3 heterocycles. The highest BCUT2D eigenvalue weighted by Gasteiger charge is 2.37. The summed E-state index contributed by atoms with van der Waals surface area (Å²) in [6.45, 7) is 2.18. The number of nitrogens with one attached hydrogen (secondary N) is 1. The third kappa shape index (κ3) is 2.80. The van der Waals surface area contributed by atoms with Crippen molar-refractivity contribution in [3.63, 3.8) is 0 Å². The van der Waals surface area contributed by atoms with Crippen LogP contribution in [0.2, 0.25) is 0 Å². The summed E-state index contributed by atoms with van der Waals surface area (Å²) in [5, 5.41) is 10.9. The first kappa shape index (κ1) is 15.9. The Kier molecular flexibility index (Phi) is 4.45. The third-order valence-corrected chi connectivity index (χ3v) is 6.24. The third-order valence-electron chi connectivity index (χ3n) is 4.39.